The third-order valence-electron chi connectivity index (χ3n) is 4.06. The van der Waals surface area contributed by atoms with Gasteiger partial charge in [-0.25, -0.2) is 0 Å². The Hall–Kier alpha value is -0.810. The minimum atomic E-state index is 0.551. The van der Waals surface area contributed by atoms with Crippen molar-refractivity contribution in [3.05, 3.63) is 0 Å². The number of guanidine groups is 1. The standard InChI is InChI=1S/C16H34N4O/c1-5-21-11-7-9-18-16(17-4)19-12-15(3)20-10-6-8-14(2)13-20/h14-15H,5-13H2,1-4H3,(H2,17,18,19). The van der Waals surface area contributed by atoms with Crippen molar-refractivity contribution < 1.29 is 4.74 Å². The third-order valence-corrected chi connectivity index (χ3v) is 4.06. The summed E-state index contributed by atoms with van der Waals surface area (Å²) >= 11 is 0. The fourth-order valence-electron chi connectivity index (χ4n) is 2.75. The van der Waals surface area contributed by atoms with Crippen LogP contribution in [0.25, 0.3) is 0 Å². The van der Waals surface area contributed by atoms with Crippen LogP contribution < -0.4 is 10.6 Å². The van der Waals surface area contributed by atoms with Gasteiger partial charge in [0.05, 0.1) is 0 Å². The molecule has 0 aromatic heterocycles. The van der Waals surface area contributed by atoms with Crippen LogP contribution >= 0.6 is 0 Å². The molecule has 0 spiro atoms. The molecule has 21 heavy (non-hydrogen) atoms. The van der Waals surface area contributed by atoms with Gasteiger partial charge in [0, 0.05) is 45.9 Å². The molecule has 1 fully saturated rings. The number of ether oxygens (including phenoxy) is 1. The number of hydrogen-bond donors (Lipinski definition) is 2. The maximum Gasteiger partial charge on any atom is 0.191 e. The molecule has 1 aliphatic heterocycles. The molecule has 2 atom stereocenters. The number of hydrogen-bond acceptors (Lipinski definition) is 3. The lowest BCUT2D eigenvalue weighted by Gasteiger charge is -2.35. The Bertz CT molecular complexity index is 296. The monoisotopic (exact) mass is 298 g/mol. The van der Waals surface area contributed by atoms with E-state index in [0.717, 1.165) is 44.6 Å². The average Bonchev–Trinajstić information content (AvgIpc) is 2.49. The summed E-state index contributed by atoms with van der Waals surface area (Å²) in [6, 6.07) is 0.551. The summed E-state index contributed by atoms with van der Waals surface area (Å²) in [6.45, 7) is 12.6. The third kappa shape index (κ3) is 7.67. The zero-order valence-corrected chi connectivity index (χ0v) is 14.3. The number of aliphatic imine (C=N–C) groups is 1. The van der Waals surface area contributed by atoms with Crippen LogP contribution in [0, 0.1) is 5.92 Å². The van der Waals surface area contributed by atoms with Crippen molar-refractivity contribution >= 4 is 5.96 Å². The first-order valence-electron chi connectivity index (χ1n) is 8.43. The smallest absolute Gasteiger partial charge is 0.191 e. The van der Waals surface area contributed by atoms with E-state index in [1.807, 2.05) is 14.0 Å². The van der Waals surface area contributed by atoms with Gasteiger partial charge in [0.15, 0.2) is 5.96 Å². The molecule has 0 radical (unpaired) electrons. The van der Waals surface area contributed by atoms with Gasteiger partial charge in [-0.05, 0) is 45.6 Å². The molecule has 0 aliphatic carbocycles. The Kier molecular flexibility index (Phi) is 9.42. The van der Waals surface area contributed by atoms with Crippen molar-refractivity contribution in [1.29, 1.82) is 0 Å². The van der Waals surface area contributed by atoms with Gasteiger partial charge in [0.1, 0.15) is 0 Å². The second kappa shape index (κ2) is 10.9. The van der Waals surface area contributed by atoms with E-state index >= 15 is 0 Å². The van der Waals surface area contributed by atoms with Gasteiger partial charge in [-0.2, -0.15) is 0 Å². The summed E-state index contributed by atoms with van der Waals surface area (Å²) in [4.78, 5) is 6.86. The van der Waals surface area contributed by atoms with Gasteiger partial charge in [-0.1, -0.05) is 6.92 Å². The zero-order chi connectivity index (χ0) is 15.5. The molecule has 1 rings (SSSR count). The summed E-state index contributed by atoms with van der Waals surface area (Å²) in [5.74, 6) is 1.72. The van der Waals surface area contributed by atoms with Crippen molar-refractivity contribution in [3.63, 3.8) is 0 Å². The molecule has 2 N–H and O–H groups in total. The zero-order valence-electron chi connectivity index (χ0n) is 14.3. The summed E-state index contributed by atoms with van der Waals surface area (Å²) < 4.78 is 5.33. The lowest BCUT2D eigenvalue weighted by molar-refractivity contribution is 0.139. The Morgan fingerprint density at radius 1 is 1.43 bits per heavy atom. The summed E-state index contributed by atoms with van der Waals surface area (Å²) in [5, 5.41) is 6.76. The van der Waals surface area contributed by atoms with Gasteiger partial charge < -0.3 is 15.4 Å². The minimum absolute atomic E-state index is 0.551. The van der Waals surface area contributed by atoms with E-state index in [-0.39, 0.29) is 0 Å². The molecule has 5 nitrogen and oxygen atoms in total. The quantitative estimate of drug-likeness (QED) is 0.407. The molecule has 0 amide bonds. The highest BCUT2D eigenvalue weighted by Gasteiger charge is 2.20. The van der Waals surface area contributed by atoms with Crippen LogP contribution in [0.2, 0.25) is 0 Å². The Morgan fingerprint density at radius 3 is 2.90 bits per heavy atom. The second-order valence-electron chi connectivity index (χ2n) is 6.02. The second-order valence-corrected chi connectivity index (χ2v) is 6.02. The predicted molar refractivity (Wildman–Crippen MR) is 89.9 cm³/mol. The molecule has 0 aromatic carbocycles. The number of likely N-dealkylation sites (tertiary alicyclic amines) is 1. The molecule has 0 bridgehead atoms. The maximum atomic E-state index is 5.33. The molecule has 0 aromatic rings. The Labute approximate surface area is 130 Å². The van der Waals surface area contributed by atoms with E-state index in [9.17, 15) is 0 Å². The molecule has 124 valence electrons. The van der Waals surface area contributed by atoms with E-state index in [2.05, 4.69) is 34.4 Å². The van der Waals surface area contributed by atoms with Crippen molar-refractivity contribution in [3.8, 4) is 0 Å². The van der Waals surface area contributed by atoms with Gasteiger partial charge in [0.25, 0.3) is 0 Å². The number of piperidine rings is 1. The molecule has 5 heteroatoms. The molecule has 1 saturated heterocycles. The van der Waals surface area contributed by atoms with Gasteiger partial charge in [0.2, 0.25) is 0 Å². The van der Waals surface area contributed by atoms with Crippen molar-refractivity contribution in [1.82, 2.24) is 15.5 Å². The lowest BCUT2D eigenvalue weighted by Crippen LogP contribution is -2.48. The van der Waals surface area contributed by atoms with E-state index in [1.54, 1.807) is 0 Å². The minimum Gasteiger partial charge on any atom is -0.382 e. The first-order valence-corrected chi connectivity index (χ1v) is 8.43. The highest BCUT2D eigenvalue weighted by molar-refractivity contribution is 5.79. The number of nitrogens with one attached hydrogen (secondary N) is 2. The highest BCUT2D eigenvalue weighted by Crippen LogP contribution is 2.17. The maximum absolute atomic E-state index is 5.33. The first kappa shape index (κ1) is 18.2. The topological polar surface area (TPSA) is 48.9 Å². The molecule has 2 unspecified atom stereocenters. The molecular formula is C16H34N4O. The first-order chi connectivity index (χ1) is 10.2. The van der Waals surface area contributed by atoms with Crippen molar-refractivity contribution in [2.75, 3.05) is 46.4 Å². The van der Waals surface area contributed by atoms with Crippen LogP contribution in [0.5, 0.6) is 0 Å². The van der Waals surface area contributed by atoms with E-state index in [1.165, 1.54) is 25.9 Å². The summed E-state index contributed by atoms with van der Waals surface area (Å²) in [6.07, 6.45) is 3.71. The number of rotatable bonds is 8. The fraction of sp³-hybridized carbons (Fsp3) is 0.938. The van der Waals surface area contributed by atoms with Gasteiger partial charge in [-0.15, -0.1) is 0 Å². The molecule has 0 saturated carbocycles. The molecular weight excluding hydrogens is 264 g/mol. The normalized spacial score (nSPS) is 22.1. The highest BCUT2D eigenvalue weighted by atomic mass is 16.5. The lowest BCUT2D eigenvalue weighted by atomic mass is 9.99. The fourth-order valence-corrected chi connectivity index (χ4v) is 2.75. The number of nitrogens with zero attached hydrogens (tertiary/aromatic N) is 2. The van der Waals surface area contributed by atoms with Crippen LogP contribution in [0.1, 0.15) is 40.0 Å². The van der Waals surface area contributed by atoms with Crippen molar-refractivity contribution in [2.45, 2.75) is 46.1 Å². The average molecular weight is 298 g/mol. The Morgan fingerprint density at radius 2 is 2.24 bits per heavy atom. The van der Waals surface area contributed by atoms with E-state index in [4.69, 9.17) is 4.74 Å². The largest absolute Gasteiger partial charge is 0.382 e. The van der Waals surface area contributed by atoms with Crippen molar-refractivity contribution in [2.24, 2.45) is 10.9 Å². The molecule has 1 heterocycles. The van der Waals surface area contributed by atoms with Gasteiger partial charge >= 0.3 is 0 Å². The van der Waals surface area contributed by atoms with Crippen LogP contribution in [-0.4, -0.2) is 63.3 Å². The van der Waals surface area contributed by atoms with E-state index in [0.29, 0.717) is 6.04 Å². The molecule has 1 aliphatic rings. The van der Waals surface area contributed by atoms with E-state index < -0.39 is 0 Å². The predicted octanol–water partition coefficient (Wildman–Crippen LogP) is 1.70. The van der Waals surface area contributed by atoms with Crippen LogP contribution in [0.3, 0.4) is 0 Å². The van der Waals surface area contributed by atoms with Crippen LogP contribution in [0.4, 0.5) is 0 Å². The van der Waals surface area contributed by atoms with Gasteiger partial charge in [-0.3, -0.25) is 9.89 Å². The SMILES string of the molecule is CCOCCCNC(=NC)NCC(C)N1CCCC(C)C1. The summed E-state index contributed by atoms with van der Waals surface area (Å²) in [5.41, 5.74) is 0. The Balaban J connectivity index is 2.18. The van der Waals surface area contributed by atoms with Crippen LogP contribution in [-0.2, 0) is 4.74 Å². The van der Waals surface area contributed by atoms with Crippen LogP contribution in [0.15, 0.2) is 4.99 Å². The summed E-state index contributed by atoms with van der Waals surface area (Å²) in [7, 11) is 1.82.